The van der Waals surface area contributed by atoms with Gasteiger partial charge in [0, 0.05) is 24.8 Å². The van der Waals surface area contributed by atoms with Crippen LogP contribution in [0.2, 0.25) is 0 Å². The molecule has 1 aliphatic carbocycles. The number of amides is 2. The Balaban J connectivity index is 1.55. The SMILES string of the molecule is CCC(CC(=O)NC(CC(F)F)C(=O)O)NC(=O)OCC1c2ccccc2-c2ccccc21. The van der Waals surface area contributed by atoms with Crippen LogP contribution in [0.15, 0.2) is 48.5 Å². The molecular formula is C24H26F2N2O5. The zero-order valence-electron chi connectivity index (χ0n) is 18.1. The molecule has 0 aliphatic heterocycles. The summed E-state index contributed by atoms with van der Waals surface area (Å²) in [6.07, 6.45) is -4.46. The van der Waals surface area contributed by atoms with Crippen LogP contribution >= 0.6 is 0 Å². The fourth-order valence-electron chi connectivity index (χ4n) is 3.98. The van der Waals surface area contributed by atoms with Gasteiger partial charge in [0.15, 0.2) is 0 Å². The first-order chi connectivity index (χ1) is 15.8. The van der Waals surface area contributed by atoms with Gasteiger partial charge in [0.1, 0.15) is 12.6 Å². The molecule has 0 bridgehead atoms. The van der Waals surface area contributed by atoms with Crippen molar-refractivity contribution in [3.05, 3.63) is 59.7 Å². The molecule has 1 aliphatic rings. The number of fused-ring (bicyclic) bond motifs is 3. The number of hydrogen-bond acceptors (Lipinski definition) is 4. The molecule has 0 fully saturated rings. The molecule has 9 heteroatoms. The number of rotatable bonds is 10. The fourth-order valence-corrected chi connectivity index (χ4v) is 3.98. The minimum atomic E-state index is -2.87. The molecule has 2 aromatic carbocycles. The summed E-state index contributed by atoms with van der Waals surface area (Å²) >= 11 is 0. The molecule has 3 rings (SSSR count). The van der Waals surface area contributed by atoms with Crippen molar-refractivity contribution >= 4 is 18.0 Å². The second-order valence-electron chi connectivity index (χ2n) is 7.86. The number of alkyl halides is 2. The van der Waals surface area contributed by atoms with Crippen molar-refractivity contribution in [3.8, 4) is 11.1 Å². The summed E-state index contributed by atoms with van der Waals surface area (Å²) in [6, 6.07) is 13.5. The number of carboxylic acid groups (broad SMARTS) is 1. The molecule has 7 nitrogen and oxygen atoms in total. The maximum absolute atomic E-state index is 12.5. The standard InChI is InChI=1S/C24H26F2N2O5/c1-2-14(11-22(29)28-20(23(30)31)12-21(25)26)27-24(32)33-13-19-17-9-5-3-7-15(17)16-8-4-6-10-18(16)19/h3-10,14,19-21H,2,11-13H2,1H3,(H,27,32)(H,28,29)(H,30,31). The largest absolute Gasteiger partial charge is 0.480 e. The minimum absolute atomic E-state index is 0.109. The van der Waals surface area contributed by atoms with Gasteiger partial charge in [-0.2, -0.15) is 0 Å². The molecule has 0 spiro atoms. The summed E-state index contributed by atoms with van der Waals surface area (Å²) in [5, 5.41) is 13.7. The fraction of sp³-hybridized carbons (Fsp3) is 0.375. The molecule has 0 radical (unpaired) electrons. The van der Waals surface area contributed by atoms with Crippen LogP contribution in [-0.4, -0.2) is 48.2 Å². The first-order valence-corrected chi connectivity index (χ1v) is 10.7. The second kappa shape index (κ2) is 10.9. The van der Waals surface area contributed by atoms with E-state index in [9.17, 15) is 23.2 Å². The molecule has 0 aromatic heterocycles. The van der Waals surface area contributed by atoms with Crippen molar-refractivity contribution in [1.82, 2.24) is 10.6 Å². The van der Waals surface area contributed by atoms with Crippen LogP contribution in [0.4, 0.5) is 13.6 Å². The third-order valence-electron chi connectivity index (χ3n) is 5.64. The van der Waals surface area contributed by atoms with Crippen LogP contribution in [0, 0.1) is 0 Å². The minimum Gasteiger partial charge on any atom is -0.480 e. The number of aliphatic carboxylic acids is 1. The van der Waals surface area contributed by atoms with Crippen molar-refractivity contribution in [2.75, 3.05) is 6.61 Å². The van der Waals surface area contributed by atoms with Gasteiger partial charge < -0.3 is 20.5 Å². The van der Waals surface area contributed by atoms with Crippen LogP contribution in [0.25, 0.3) is 11.1 Å². The Bertz CT molecular complexity index is 968. The Hall–Kier alpha value is -3.49. The summed E-state index contributed by atoms with van der Waals surface area (Å²) in [6.45, 7) is 1.84. The Morgan fingerprint density at radius 3 is 2.09 bits per heavy atom. The molecule has 0 heterocycles. The number of carbonyl (C=O) groups is 3. The van der Waals surface area contributed by atoms with E-state index in [4.69, 9.17) is 9.84 Å². The third kappa shape index (κ3) is 6.06. The van der Waals surface area contributed by atoms with Crippen molar-refractivity contribution in [3.63, 3.8) is 0 Å². The number of halogens is 2. The van der Waals surface area contributed by atoms with Crippen LogP contribution in [-0.2, 0) is 14.3 Å². The van der Waals surface area contributed by atoms with E-state index < -0.39 is 42.9 Å². The van der Waals surface area contributed by atoms with E-state index >= 15 is 0 Å². The Labute approximate surface area is 190 Å². The summed E-state index contributed by atoms with van der Waals surface area (Å²) in [5.74, 6) is -2.40. The molecule has 2 amide bonds. The van der Waals surface area contributed by atoms with Crippen LogP contribution in [0.1, 0.15) is 43.2 Å². The lowest BCUT2D eigenvalue weighted by Gasteiger charge is -2.20. The lowest BCUT2D eigenvalue weighted by atomic mass is 9.98. The molecule has 2 aromatic rings. The molecular weight excluding hydrogens is 434 g/mol. The average Bonchev–Trinajstić information content (AvgIpc) is 3.10. The number of hydrogen-bond donors (Lipinski definition) is 3. The van der Waals surface area contributed by atoms with Crippen molar-refractivity contribution < 1.29 is 33.0 Å². The second-order valence-corrected chi connectivity index (χ2v) is 7.86. The molecule has 33 heavy (non-hydrogen) atoms. The summed E-state index contributed by atoms with van der Waals surface area (Å²) in [4.78, 5) is 35.6. The van der Waals surface area contributed by atoms with Gasteiger partial charge in [-0.1, -0.05) is 55.5 Å². The third-order valence-corrected chi connectivity index (χ3v) is 5.64. The summed E-state index contributed by atoms with van der Waals surface area (Å²) in [7, 11) is 0. The van der Waals surface area contributed by atoms with Gasteiger partial charge in [0.2, 0.25) is 12.3 Å². The number of benzene rings is 2. The van der Waals surface area contributed by atoms with E-state index in [1.165, 1.54) is 0 Å². The number of alkyl carbamates (subject to hydrolysis) is 1. The Morgan fingerprint density at radius 1 is 1.00 bits per heavy atom. The molecule has 2 unspecified atom stereocenters. The normalized spacial score (nSPS) is 14.2. The Morgan fingerprint density at radius 2 is 1.58 bits per heavy atom. The predicted octanol–water partition coefficient (Wildman–Crippen LogP) is 3.92. The smallest absolute Gasteiger partial charge is 0.407 e. The van der Waals surface area contributed by atoms with Crippen molar-refractivity contribution in [1.29, 1.82) is 0 Å². The highest BCUT2D eigenvalue weighted by molar-refractivity contribution is 5.84. The van der Waals surface area contributed by atoms with E-state index in [2.05, 4.69) is 10.6 Å². The van der Waals surface area contributed by atoms with E-state index in [0.29, 0.717) is 6.42 Å². The maximum Gasteiger partial charge on any atom is 0.407 e. The van der Waals surface area contributed by atoms with Gasteiger partial charge >= 0.3 is 12.1 Å². The van der Waals surface area contributed by atoms with Crippen LogP contribution in [0.5, 0.6) is 0 Å². The zero-order valence-corrected chi connectivity index (χ0v) is 18.1. The van der Waals surface area contributed by atoms with Crippen LogP contribution in [0.3, 0.4) is 0 Å². The van der Waals surface area contributed by atoms with Crippen molar-refractivity contribution in [2.24, 2.45) is 0 Å². The molecule has 0 saturated carbocycles. The van der Waals surface area contributed by atoms with E-state index in [0.717, 1.165) is 22.3 Å². The number of ether oxygens (including phenoxy) is 1. The Kier molecular flexibility index (Phi) is 7.97. The van der Waals surface area contributed by atoms with Gasteiger partial charge in [-0.15, -0.1) is 0 Å². The predicted molar refractivity (Wildman–Crippen MR) is 117 cm³/mol. The number of nitrogens with one attached hydrogen (secondary N) is 2. The molecule has 3 N–H and O–H groups in total. The van der Waals surface area contributed by atoms with Gasteiger partial charge in [0.05, 0.1) is 0 Å². The van der Waals surface area contributed by atoms with Gasteiger partial charge in [-0.05, 0) is 28.7 Å². The van der Waals surface area contributed by atoms with Crippen LogP contribution < -0.4 is 10.6 Å². The first kappa shape index (κ1) is 24.2. The highest BCUT2D eigenvalue weighted by atomic mass is 19.3. The zero-order chi connectivity index (χ0) is 24.0. The first-order valence-electron chi connectivity index (χ1n) is 10.7. The quantitative estimate of drug-likeness (QED) is 0.499. The highest BCUT2D eigenvalue weighted by Crippen LogP contribution is 2.44. The van der Waals surface area contributed by atoms with Gasteiger partial charge in [-0.25, -0.2) is 18.4 Å². The monoisotopic (exact) mass is 460 g/mol. The number of carboxylic acids is 1. The molecule has 2 atom stereocenters. The summed E-state index contributed by atoms with van der Waals surface area (Å²) < 4.78 is 30.5. The molecule has 176 valence electrons. The highest BCUT2D eigenvalue weighted by Gasteiger charge is 2.29. The number of carbonyl (C=O) groups excluding carboxylic acids is 2. The lowest BCUT2D eigenvalue weighted by Crippen LogP contribution is -2.45. The summed E-state index contributed by atoms with van der Waals surface area (Å²) in [5.41, 5.74) is 4.33. The maximum atomic E-state index is 12.5. The van der Waals surface area contributed by atoms with E-state index in [1.54, 1.807) is 6.92 Å². The lowest BCUT2D eigenvalue weighted by molar-refractivity contribution is -0.143. The van der Waals surface area contributed by atoms with Gasteiger partial charge in [0.25, 0.3) is 0 Å². The van der Waals surface area contributed by atoms with Crippen molar-refractivity contribution in [2.45, 2.75) is 50.6 Å². The van der Waals surface area contributed by atoms with Gasteiger partial charge in [-0.3, -0.25) is 4.79 Å². The average molecular weight is 460 g/mol. The topological polar surface area (TPSA) is 105 Å². The van der Waals surface area contributed by atoms with E-state index in [-0.39, 0.29) is 18.9 Å². The van der Waals surface area contributed by atoms with E-state index in [1.807, 2.05) is 48.5 Å². The molecule has 0 saturated heterocycles.